The van der Waals surface area contributed by atoms with Gasteiger partial charge in [-0.15, -0.1) is 0 Å². The molecule has 0 aliphatic rings. The molecule has 172 valence electrons. The highest BCUT2D eigenvalue weighted by atomic mass is 28.5. The van der Waals surface area contributed by atoms with Gasteiger partial charge in [-0.05, 0) is 88.4 Å². The van der Waals surface area contributed by atoms with Crippen molar-refractivity contribution in [1.82, 2.24) is 0 Å². The molecule has 0 radical (unpaired) electrons. The summed E-state index contributed by atoms with van der Waals surface area (Å²) < 4.78 is 20.8. The first-order chi connectivity index (χ1) is 14.3. The average molecular weight is 491 g/mol. The fraction of sp³-hybridized carbons (Fsp3) is 0.500. The minimum Gasteiger partial charge on any atom is -0.437 e. The van der Waals surface area contributed by atoms with Gasteiger partial charge in [-0.2, -0.15) is 0 Å². The van der Waals surface area contributed by atoms with E-state index in [0.29, 0.717) is 0 Å². The van der Waals surface area contributed by atoms with Crippen molar-refractivity contribution < 1.29 is 12.3 Å². The van der Waals surface area contributed by atoms with Crippen LogP contribution >= 0.6 is 0 Å². The highest BCUT2D eigenvalue weighted by molar-refractivity contribution is 6.89. The monoisotopic (exact) mass is 490 g/mol. The van der Waals surface area contributed by atoms with Gasteiger partial charge in [-0.25, -0.2) is 0 Å². The summed E-state index contributed by atoms with van der Waals surface area (Å²) in [5, 5.41) is 0. The Kier molecular flexibility index (Phi) is 9.27. The second-order valence-corrected chi connectivity index (χ2v) is 27.3. The van der Waals surface area contributed by atoms with Crippen LogP contribution in [-0.4, -0.2) is 33.8 Å². The summed E-state index contributed by atoms with van der Waals surface area (Å²) in [5.41, 5.74) is 2.71. The van der Waals surface area contributed by atoms with E-state index in [1.165, 1.54) is 11.1 Å². The summed E-state index contributed by atoms with van der Waals surface area (Å²) in [4.78, 5) is 0. The molecule has 2 aromatic rings. The Morgan fingerprint density at radius 1 is 0.516 bits per heavy atom. The van der Waals surface area contributed by atoms with Crippen LogP contribution in [0.4, 0.5) is 0 Å². The van der Waals surface area contributed by atoms with Gasteiger partial charge < -0.3 is 12.3 Å². The van der Waals surface area contributed by atoms with Crippen LogP contribution in [0.15, 0.2) is 60.7 Å². The smallest absolute Gasteiger partial charge is 0.319 e. The predicted molar refractivity (Wildman–Crippen MR) is 143 cm³/mol. The van der Waals surface area contributed by atoms with Crippen LogP contribution in [0, 0.1) is 0 Å². The summed E-state index contributed by atoms with van der Waals surface area (Å²) in [6.07, 6.45) is 1.98. The van der Waals surface area contributed by atoms with Gasteiger partial charge in [0.05, 0.1) is 0 Å². The molecule has 0 unspecified atom stereocenters. The molecule has 0 aliphatic heterocycles. The molecular weight excluding hydrogens is 449 g/mol. The van der Waals surface area contributed by atoms with Gasteiger partial charge in [-0.1, -0.05) is 60.7 Å². The molecule has 0 saturated carbocycles. The zero-order valence-corrected chi connectivity index (χ0v) is 24.8. The van der Waals surface area contributed by atoms with Crippen LogP contribution < -0.4 is 0 Å². The van der Waals surface area contributed by atoms with E-state index in [4.69, 9.17) is 12.3 Å². The maximum Gasteiger partial charge on any atom is 0.319 e. The molecule has 0 heterocycles. The highest BCUT2D eigenvalue weighted by Gasteiger charge is 2.47. The predicted octanol–water partition coefficient (Wildman–Crippen LogP) is 7.34. The lowest BCUT2D eigenvalue weighted by Crippen LogP contribution is -2.58. The quantitative estimate of drug-likeness (QED) is 0.291. The SMILES string of the molecule is C[Si](C)(C)O[Si](C)(C)O[Si](CCc1ccccc1)(CCc1ccccc1)O[Si](C)(C)C. The Bertz CT molecular complexity index is 740. The number of hydrogen-bond donors (Lipinski definition) is 0. The molecule has 0 spiro atoms. The Morgan fingerprint density at radius 3 is 1.26 bits per heavy atom. The Hall–Kier alpha value is -0.812. The lowest BCUT2D eigenvalue weighted by atomic mass is 10.2. The van der Waals surface area contributed by atoms with Gasteiger partial charge in [0, 0.05) is 0 Å². The molecule has 0 N–H and O–H groups in total. The van der Waals surface area contributed by atoms with Gasteiger partial charge >= 0.3 is 17.1 Å². The van der Waals surface area contributed by atoms with Gasteiger partial charge in [0.25, 0.3) is 0 Å². The van der Waals surface area contributed by atoms with Crippen LogP contribution in [-0.2, 0) is 25.2 Å². The summed E-state index contributed by atoms with van der Waals surface area (Å²) in [6.45, 7) is 18.0. The molecule has 2 rings (SSSR count). The molecule has 0 amide bonds. The van der Waals surface area contributed by atoms with Crippen molar-refractivity contribution in [3.63, 3.8) is 0 Å². The van der Waals surface area contributed by atoms with E-state index in [9.17, 15) is 0 Å². The van der Waals surface area contributed by atoms with Crippen molar-refractivity contribution in [3.8, 4) is 0 Å². The van der Waals surface area contributed by atoms with Gasteiger partial charge in [0.1, 0.15) is 0 Å². The lowest BCUT2D eigenvalue weighted by molar-refractivity contribution is 0.316. The van der Waals surface area contributed by atoms with E-state index in [1.807, 2.05) is 0 Å². The first-order valence-corrected chi connectivity index (χ1v) is 23.3. The zero-order valence-electron chi connectivity index (χ0n) is 20.8. The van der Waals surface area contributed by atoms with Gasteiger partial charge in [0.15, 0.2) is 16.6 Å². The molecular formula is C24H42O3Si4. The van der Waals surface area contributed by atoms with Crippen LogP contribution in [0.5, 0.6) is 0 Å². The molecule has 7 heteroatoms. The van der Waals surface area contributed by atoms with Crippen molar-refractivity contribution in [1.29, 1.82) is 0 Å². The lowest BCUT2D eigenvalue weighted by Gasteiger charge is -2.43. The van der Waals surface area contributed by atoms with E-state index in [2.05, 4.69) is 113 Å². The zero-order chi connectivity index (χ0) is 23.2. The van der Waals surface area contributed by atoms with Crippen LogP contribution in [0.25, 0.3) is 0 Å². The van der Waals surface area contributed by atoms with Gasteiger partial charge in [-0.3, -0.25) is 0 Å². The second kappa shape index (κ2) is 10.9. The number of benzene rings is 2. The molecule has 0 aromatic heterocycles. The molecule has 0 fully saturated rings. The van der Waals surface area contributed by atoms with Crippen molar-refractivity contribution >= 4 is 33.8 Å². The first-order valence-electron chi connectivity index (χ1n) is 11.5. The standard InChI is InChI=1S/C24H42O3Si4/c1-28(2,3)25-30(7,8)27-31(26-29(4,5)6,21-19-23-15-11-9-12-16-23)22-20-24-17-13-10-14-18-24/h9-18H,19-22H2,1-8H3. The van der Waals surface area contributed by atoms with Crippen molar-refractivity contribution in [2.75, 3.05) is 0 Å². The number of rotatable bonds is 12. The van der Waals surface area contributed by atoms with E-state index in [-0.39, 0.29) is 0 Å². The molecule has 0 aliphatic carbocycles. The van der Waals surface area contributed by atoms with Crippen LogP contribution in [0.2, 0.25) is 64.5 Å². The van der Waals surface area contributed by atoms with Crippen LogP contribution in [0.1, 0.15) is 11.1 Å². The van der Waals surface area contributed by atoms with Crippen molar-refractivity contribution in [3.05, 3.63) is 71.8 Å². The molecule has 0 saturated heterocycles. The van der Waals surface area contributed by atoms with Crippen molar-refractivity contribution in [2.24, 2.45) is 0 Å². The normalized spacial score (nSPS) is 13.4. The fourth-order valence-corrected chi connectivity index (χ4v) is 22.3. The third-order valence-electron chi connectivity index (χ3n) is 4.75. The topological polar surface area (TPSA) is 27.7 Å². The van der Waals surface area contributed by atoms with E-state index in [0.717, 1.165) is 24.9 Å². The first kappa shape index (κ1) is 26.4. The fourth-order valence-electron chi connectivity index (χ4n) is 4.07. The minimum absolute atomic E-state index is 0.972. The Morgan fingerprint density at radius 2 is 0.903 bits per heavy atom. The molecule has 31 heavy (non-hydrogen) atoms. The summed E-state index contributed by atoms with van der Waals surface area (Å²) in [6, 6.07) is 23.4. The summed E-state index contributed by atoms with van der Waals surface area (Å²) >= 11 is 0. The molecule has 2 aromatic carbocycles. The largest absolute Gasteiger partial charge is 0.437 e. The summed E-state index contributed by atoms with van der Waals surface area (Å²) in [5.74, 6) is 0. The molecule has 0 atom stereocenters. The molecule has 0 bridgehead atoms. The third-order valence-corrected chi connectivity index (χ3v) is 18.6. The Labute approximate surface area is 194 Å². The van der Waals surface area contributed by atoms with E-state index in [1.54, 1.807) is 0 Å². The van der Waals surface area contributed by atoms with Crippen molar-refractivity contribution in [2.45, 2.75) is 77.3 Å². The minimum atomic E-state index is -2.51. The molecule has 3 nitrogen and oxygen atoms in total. The van der Waals surface area contributed by atoms with E-state index < -0.39 is 33.8 Å². The second-order valence-electron chi connectivity index (χ2n) is 10.8. The number of aryl methyl sites for hydroxylation is 2. The number of hydrogen-bond acceptors (Lipinski definition) is 3. The van der Waals surface area contributed by atoms with Gasteiger partial charge in [0.2, 0.25) is 0 Å². The average Bonchev–Trinajstić information content (AvgIpc) is 2.63. The third kappa shape index (κ3) is 10.6. The van der Waals surface area contributed by atoms with Crippen LogP contribution in [0.3, 0.4) is 0 Å². The highest BCUT2D eigenvalue weighted by Crippen LogP contribution is 2.32. The maximum atomic E-state index is 7.12. The Balaban J connectivity index is 2.34. The summed E-state index contributed by atoms with van der Waals surface area (Å²) in [7, 11) is -8.36. The maximum absolute atomic E-state index is 7.12. The van der Waals surface area contributed by atoms with E-state index >= 15 is 0 Å².